The highest BCUT2D eigenvalue weighted by Gasteiger charge is 2.38. The summed E-state index contributed by atoms with van der Waals surface area (Å²) in [6, 6.07) is 16.5. The quantitative estimate of drug-likeness (QED) is 0.739. The maximum absolute atomic E-state index is 12.3. The van der Waals surface area contributed by atoms with Crippen LogP contribution < -0.4 is 0 Å². The Kier molecular flexibility index (Phi) is 3.54. The van der Waals surface area contributed by atoms with Crippen LogP contribution in [-0.4, -0.2) is 21.8 Å². The zero-order valence-electron chi connectivity index (χ0n) is 12.6. The Bertz CT molecular complexity index is 961. The molecule has 0 saturated heterocycles. The summed E-state index contributed by atoms with van der Waals surface area (Å²) in [5.41, 5.74) is 3.79. The fourth-order valence-corrected chi connectivity index (χ4v) is 3.31. The van der Waals surface area contributed by atoms with Crippen LogP contribution in [0.3, 0.4) is 0 Å². The summed E-state index contributed by atoms with van der Waals surface area (Å²) < 4.78 is 0. The third kappa shape index (κ3) is 2.45. The number of aromatic nitrogens is 2. The molecule has 1 heterocycles. The van der Waals surface area contributed by atoms with Gasteiger partial charge in [-0.3, -0.25) is 14.7 Å². The van der Waals surface area contributed by atoms with Gasteiger partial charge in [-0.05, 0) is 23.8 Å². The number of carbonyl (C=O) groups is 2. The van der Waals surface area contributed by atoms with E-state index < -0.39 is 11.7 Å². The fraction of sp³-hybridized carbons (Fsp3) is 0.105. The first-order valence-electron chi connectivity index (χ1n) is 7.61. The predicted octanol–water partition coefficient (Wildman–Crippen LogP) is 3.82. The van der Waals surface area contributed by atoms with Gasteiger partial charge in [-0.15, -0.1) is 0 Å². The molecule has 3 aromatic rings. The SMILES string of the molecule is O=C1C(=O)C(Cc2cc(-c3cccc(Cl)c3)n[nH]2)c2ccccc21. The first-order valence-corrected chi connectivity index (χ1v) is 7.99. The van der Waals surface area contributed by atoms with Gasteiger partial charge < -0.3 is 0 Å². The number of hydrogen-bond acceptors (Lipinski definition) is 3. The fourth-order valence-electron chi connectivity index (χ4n) is 3.12. The zero-order chi connectivity index (χ0) is 16.7. The van der Waals surface area contributed by atoms with Crippen LogP contribution in [0.15, 0.2) is 54.6 Å². The molecule has 0 aliphatic heterocycles. The number of nitrogens with zero attached hydrogens (tertiary/aromatic N) is 1. The van der Waals surface area contributed by atoms with E-state index in [9.17, 15) is 9.59 Å². The molecule has 1 unspecified atom stereocenters. The maximum atomic E-state index is 12.3. The summed E-state index contributed by atoms with van der Waals surface area (Å²) in [7, 11) is 0. The molecule has 1 aromatic heterocycles. The minimum atomic E-state index is -0.443. The molecule has 1 N–H and O–H groups in total. The first-order chi connectivity index (χ1) is 11.6. The van der Waals surface area contributed by atoms with Crippen LogP contribution in [0.4, 0.5) is 0 Å². The molecular weight excluding hydrogens is 324 g/mol. The molecule has 0 amide bonds. The standard InChI is InChI=1S/C19H13ClN2O2/c20-12-5-3-4-11(8-12)17-10-13(21-22-17)9-16-14-6-1-2-7-15(14)18(23)19(16)24/h1-8,10,16H,9H2,(H,21,22). The summed E-state index contributed by atoms with van der Waals surface area (Å²) in [6.45, 7) is 0. The van der Waals surface area contributed by atoms with Crippen molar-refractivity contribution in [2.45, 2.75) is 12.3 Å². The van der Waals surface area contributed by atoms with Crippen LogP contribution in [0.2, 0.25) is 5.02 Å². The molecule has 1 aliphatic rings. The number of rotatable bonds is 3. The third-order valence-corrected chi connectivity index (χ3v) is 4.53. The summed E-state index contributed by atoms with van der Waals surface area (Å²) in [6.07, 6.45) is 0.426. The van der Waals surface area contributed by atoms with Gasteiger partial charge in [0.25, 0.3) is 0 Å². The molecule has 24 heavy (non-hydrogen) atoms. The average molecular weight is 337 g/mol. The Morgan fingerprint density at radius 2 is 1.88 bits per heavy atom. The van der Waals surface area contributed by atoms with Crippen molar-refractivity contribution in [3.05, 3.63) is 76.4 Å². The maximum Gasteiger partial charge on any atom is 0.229 e. The van der Waals surface area contributed by atoms with Gasteiger partial charge >= 0.3 is 0 Å². The van der Waals surface area contributed by atoms with E-state index in [1.54, 1.807) is 18.2 Å². The van der Waals surface area contributed by atoms with Crippen molar-refractivity contribution in [1.29, 1.82) is 0 Å². The molecule has 4 nitrogen and oxygen atoms in total. The van der Waals surface area contributed by atoms with E-state index in [0.717, 1.165) is 22.5 Å². The number of carbonyl (C=O) groups excluding carboxylic acids is 2. The normalized spacial score (nSPS) is 16.5. The molecule has 0 bridgehead atoms. The van der Waals surface area contributed by atoms with E-state index >= 15 is 0 Å². The molecule has 5 heteroatoms. The van der Waals surface area contributed by atoms with Crippen molar-refractivity contribution >= 4 is 23.2 Å². The Morgan fingerprint density at radius 1 is 1.04 bits per heavy atom. The lowest BCUT2D eigenvalue weighted by Crippen LogP contribution is -2.14. The van der Waals surface area contributed by atoms with E-state index in [2.05, 4.69) is 10.2 Å². The Balaban J connectivity index is 1.63. The van der Waals surface area contributed by atoms with Gasteiger partial charge in [-0.1, -0.05) is 48.0 Å². The highest BCUT2D eigenvalue weighted by atomic mass is 35.5. The second kappa shape index (κ2) is 5.73. The molecule has 0 radical (unpaired) electrons. The van der Waals surface area contributed by atoms with Crippen LogP contribution in [0.1, 0.15) is 27.5 Å². The second-order valence-electron chi connectivity index (χ2n) is 5.83. The van der Waals surface area contributed by atoms with E-state index in [1.165, 1.54) is 0 Å². The van der Waals surface area contributed by atoms with E-state index in [1.807, 2.05) is 36.4 Å². The smallest absolute Gasteiger partial charge is 0.229 e. The molecule has 0 saturated carbocycles. The molecule has 118 valence electrons. The minimum Gasteiger partial charge on any atom is -0.290 e. The lowest BCUT2D eigenvalue weighted by atomic mass is 9.95. The van der Waals surface area contributed by atoms with Gasteiger partial charge in [0.2, 0.25) is 11.6 Å². The highest BCUT2D eigenvalue weighted by Crippen LogP contribution is 2.33. The van der Waals surface area contributed by atoms with Crippen molar-refractivity contribution in [3.63, 3.8) is 0 Å². The van der Waals surface area contributed by atoms with Gasteiger partial charge in [-0.25, -0.2) is 0 Å². The van der Waals surface area contributed by atoms with Gasteiger partial charge in [-0.2, -0.15) is 5.10 Å². The predicted molar refractivity (Wildman–Crippen MR) is 91.3 cm³/mol. The number of H-pyrrole nitrogens is 1. The van der Waals surface area contributed by atoms with Gasteiger partial charge in [0.15, 0.2) is 0 Å². The Morgan fingerprint density at radius 3 is 2.71 bits per heavy atom. The third-order valence-electron chi connectivity index (χ3n) is 4.30. The first kappa shape index (κ1) is 14.8. The van der Waals surface area contributed by atoms with E-state index in [0.29, 0.717) is 17.0 Å². The number of nitrogens with one attached hydrogen (secondary N) is 1. The van der Waals surface area contributed by atoms with Crippen molar-refractivity contribution < 1.29 is 9.59 Å². The van der Waals surface area contributed by atoms with Crippen LogP contribution >= 0.6 is 11.6 Å². The number of benzene rings is 2. The molecule has 0 spiro atoms. The van der Waals surface area contributed by atoms with Crippen LogP contribution in [-0.2, 0) is 11.2 Å². The molecule has 0 fully saturated rings. The highest BCUT2D eigenvalue weighted by molar-refractivity contribution is 6.48. The molecule has 1 aliphatic carbocycles. The number of fused-ring (bicyclic) bond motifs is 1. The van der Waals surface area contributed by atoms with Crippen LogP contribution in [0, 0.1) is 0 Å². The monoisotopic (exact) mass is 336 g/mol. The summed E-state index contributed by atoms with van der Waals surface area (Å²) in [5, 5.41) is 7.89. The van der Waals surface area contributed by atoms with E-state index in [4.69, 9.17) is 11.6 Å². The topological polar surface area (TPSA) is 62.8 Å². The molecular formula is C19H13ClN2O2. The summed E-state index contributed by atoms with van der Waals surface area (Å²) >= 11 is 6.01. The van der Waals surface area contributed by atoms with E-state index in [-0.39, 0.29) is 5.78 Å². The van der Waals surface area contributed by atoms with Gasteiger partial charge in [0.1, 0.15) is 0 Å². The second-order valence-corrected chi connectivity index (χ2v) is 6.26. The van der Waals surface area contributed by atoms with Crippen molar-refractivity contribution in [2.75, 3.05) is 0 Å². The largest absolute Gasteiger partial charge is 0.290 e. The number of Topliss-reactive ketones (excluding diaryl/α,β-unsaturated/α-hetero) is 2. The Hall–Kier alpha value is -2.72. The van der Waals surface area contributed by atoms with Crippen LogP contribution in [0.25, 0.3) is 11.3 Å². The number of halogens is 1. The Labute approximate surface area is 143 Å². The van der Waals surface area contributed by atoms with Gasteiger partial charge in [0.05, 0.1) is 11.6 Å². The molecule has 1 atom stereocenters. The summed E-state index contributed by atoms with van der Waals surface area (Å²) in [5.74, 6) is -1.19. The van der Waals surface area contributed by atoms with Crippen molar-refractivity contribution in [1.82, 2.24) is 10.2 Å². The van der Waals surface area contributed by atoms with Crippen molar-refractivity contribution in [3.8, 4) is 11.3 Å². The average Bonchev–Trinajstić information content (AvgIpc) is 3.15. The molecule has 2 aromatic carbocycles. The summed E-state index contributed by atoms with van der Waals surface area (Å²) in [4.78, 5) is 24.4. The lowest BCUT2D eigenvalue weighted by molar-refractivity contribution is -0.115. The van der Waals surface area contributed by atoms with Crippen LogP contribution in [0.5, 0.6) is 0 Å². The zero-order valence-corrected chi connectivity index (χ0v) is 13.4. The lowest BCUT2D eigenvalue weighted by Gasteiger charge is -2.07. The number of ketones is 2. The van der Waals surface area contributed by atoms with Crippen molar-refractivity contribution in [2.24, 2.45) is 0 Å². The number of aromatic amines is 1. The molecule has 4 rings (SSSR count). The van der Waals surface area contributed by atoms with Gasteiger partial charge in [0, 0.05) is 28.3 Å². The minimum absolute atomic E-state index is 0.352. The number of hydrogen-bond donors (Lipinski definition) is 1.